The van der Waals surface area contributed by atoms with Gasteiger partial charge in [0.25, 0.3) is 16.8 Å². The predicted molar refractivity (Wildman–Crippen MR) is 128 cm³/mol. The predicted octanol–water partition coefficient (Wildman–Crippen LogP) is 5.49. The minimum atomic E-state index is -0.631. The van der Waals surface area contributed by atoms with Crippen molar-refractivity contribution in [2.45, 2.75) is 6.92 Å². The molecule has 9 nitrogen and oxygen atoms in total. The molecule has 1 fully saturated rings. The van der Waals surface area contributed by atoms with E-state index < -0.39 is 28.5 Å². The van der Waals surface area contributed by atoms with Crippen LogP contribution >= 0.6 is 23.4 Å². The van der Waals surface area contributed by atoms with Gasteiger partial charge in [0.2, 0.25) is 5.91 Å². The average Bonchev–Trinajstić information content (AvgIpc) is 3.36. The van der Waals surface area contributed by atoms with Gasteiger partial charge in [0.05, 0.1) is 20.5 Å². The Morgan fingerprint density at radius 1 is 1.21 bits per heavy atom. The summed E-state index contributed by atoms with van der Waals surface area (Å²) in [4.78, 5) is 48.9. The van der Waals surface area contributed by atoms with Gasteiger partial charge in [-0.05, 0) is 48.5 Å². The van der Waals surface area contributed by atoms with E-state index in [-0.39, 0.29) is 16.4 Å². The lowest BCUT2D eigenvalue weighted by Gasteiger charge is -2.13. The molecule has 0 atom stereocenters. The van der Waals surface area contributed by atoms with Crippen LogP contribution in [0.5, 0.6) is 0 Å². The third kappa shape index (κ3) is 4.87. The van der Waals surface area contributed by atoms with Gasteiger partial charge < -0.3 is 9.73 Å². The molecule has 0 unspecified atom stereocenters. The Morgan fingerprint density at radius 3 is 2.71 bits per heavy atom. The van der Waals surface area contributed by atoms with Crippen molar-refractivity contribution < 1.29 is 23.7 Å². The maximum Gasteiger partial charge on any atom is 0.294 e. The molecule has 1 aromatic heterocycles. The van der Waals surface area contributed by atoms with Crippen LogP contribution in [0.25, 0.3) is 17.4 Å². The molecule has 1 aliphatic rings. The average molecular weight is 498 g/mol. The zero-order valence-corrected chi connectivity index (χ0v) is 19.2. The van der Waals surface area contributed by atoms with Crippen LogP contribution in [0, 0.1) is 17.0 Å². The fourth-order valence-electron chi connectivity index (χ4n) is 3.23. The number of anilines is 1. The monoisotopic (exact) mass is 497 g/mol. The van der Waals surface area contributed by atoms with Crippen LogP contribution in [0.4, 0.5) is 16.2 Å². The fraction of sp³-hybridized carbons (Fsp3) is 0.0870. The summed E-state index contributed by atoms with van der Waals surface area (Å²) in [5.74, 6) is -0.537. The molecule has 11 heteroatoms. The summed E-state index contributed by atoms with van der Waals surface area (Å²) >= 11 is 6.70. The number of carbonyl (C=O) groups is 3. The first kappa shape index (κ1) is 23.3. The number of nitro benzene ring substituents is 1. The number of hydrogen-bond donors (Lipinski definition) is 1. The third-order valence-electron chi connectivity index (χ3n) is 4.92. The van der Waals surface area contributed by atoms with E-state index in [1.165, 1.54) is 18.2 Å². The molecule has 1 aliphatic heterocycles. The summed E-state index contributed by atoms with van der Waals surface area (Å²) in [7, 11) is 0. The summed E-state index contributed by atoms with van der Waals surface area (Å²) in [6.45, 7) is 1.32. The molecular formula is C23H16ClN3O6S. The van der Waals surface area contributed by atoms with Gasteiger partial charge in [-0.1, -0.05) is 29.8 Å². The minimum Gasteiger partial charge on any atom is -0.457 e. The molecule has 3 aromatic rings. The van der Waals surface area contributed by atoms with Crippen molar-refractivity contribution in [2.75, 3.05) is 11.9 Å². The lowest BCUT2D eigenvalue weighted by atomic mass is 10.1. The fourth-order valence-corrected chi connectivity index (χ4v) is 4.23. The second kappa shape index (κ2) is 9.54. The molecule has 3 amide bonds. The van der Waals surface area contributed by atoms with Crippen molar-refractivity contribution in [3.05, 3.63) is 86.0 Å². The number of thioether (sulfide) groups is 1. The molecule has 1 N–H and O–H groups in total. The van der Waals surface area contributed by atoms with Gasteiger partial charge >= 0.3 is 0 Å². The number of para-hydroxylation sites is 1. The van der Waals surface area contributed by atoms with Crippen molar-refractivity contribution in [3.63, 3.8) is 0 Å². The number of hydrogen-bond acceptors (Lipinski definition) is 7. The molecular weight excluding hydrogens is 482 g/mol. The van der Waals surface area contributed by atoms with Crippen molar-refractivity contribution in [3.8, 4) is 11.3 Å². The van der Waals surface area contributed by atoms with Crippen LogP contribution in [0.3, 0.4) is 0 Å². The summed E-state index contributed by atoms with van der Waals surface area (Å²) in [6, 6.07) is 14.2. The highest BCUT2D eigenvalue weighted by atomic mass is 35.5. The maximum atomic E-state index is 12.7. The van der Waals surface area contributed by atoms with Gasteiger partial charge in [0.1, 0.15) is 18.1 Å². The number of benzene rings is 2. The molecule has 34 heavy (non-hydrogen) atoms. The number of rotatable bonds is 6. The Labute approximate surface area is 202 Å². The number of non-ortho nitro benzene ring substituents is 1. The summed E-state index contributed by atoms with van der Waals surface area (Å²) < 4.78 is 5.75. The van der Waals surface area contributed by atoms with Crippen LogP contribution < -0.4 is 5.32 Å². The van der Waals surface area contributed by atoms with E-state index in [0.717, 1.165) is 10.5 Å². The van der Waals surface area contributed by atoms with Gasteiger partial charge in [-0.25, -0.2) is 0 Å². The van der Waals surface area contributed by atoms with E-state index in [9.17, 15) is 24.5 Å². The molecule has 2 aromatic carbocycles. The van der Waals surface area contributed by atoms with Crippen LogP contribution in [0.15, 0.2) is 63.9 Å². The van der Waals surface area contributed by atoms with E-state index in [2.05, 4.69) is 5.32 Å². The lowest BCUT2D eigenvalue weighted by Crippen LogP contribution is -2.36. The van der Waals surface area contributed by atoms with Crippen LogP contribution in [-0.2, 0) is 9.59 Å². The molecule has 4 rings (SSSR count). The standard InChI is InChI=1S/C23H16ClN3O6S/c1-13-6-7-14(27(31)32)10-16(13)19-9-8-15(33-19)11-20-22(29)26(23(30)34-20)12-21(28)25-18-5-3-2-4-17(18)24/h2-11H,12H2,1H3,(H,25,28)/b20-11+. The number of halogens is 1. The zero-order chi connectivity index (χ0) is 24.4. The van der Waals surface area contributed by atoms with Gasteiger partial charge in [-0.3, -0.25) is 29.4 Å². The second-order valence-corrected chi connectivity index (χ2v) is 8.65. The Kier molecular flexibility index (Phi) is 6.53. The number of nitrogens with zero attached hydrogens (tertiary/aromatic N) is 2. The van der Waals surface area contributed by atoms with E-state index in [1.54, 1.807) is 49.4 Å². The Bertz CT molecular complexity index is 1370. The highest BCUT2D eigenvalue weighted by Gasteiger charge is 2.36. The summed E-state index contributed by atoms with van der Waals surface area (Å²) in [5.41, 5.74) is 1.61. The molecule has 0 radical (unpaired) electrons. The molecule has 0 bridgehead atoms. The molecule has 0 aliphatic carbocycles. The number of furan rings is 1. The van der Waals surface area contributed by atoms with Gasteiger partial charge in [0, 0.05) is 23.8 Å². The van der Waals surface area contributed by atoms with E-state index in [1.807, 2.05) is 0 Å². The quantitative estimate of drug-likeness (QED) is 0.271. The third-order valence-corrected chi connectivity index (χ3v) is 6.16. The molecule has 2 heterocycles. The number of aryl methyl sites for hydroxylation is 1. The lowest BCUT2D eigenvalue weighted by molar-refractivity contribution is -0.384. The van der Waals surface area contributed by atoms with Gasteiger partial charge in [-0.2, -0.15) is 0 Å². The zero-order valence-electron chi connectivity index (χ0n) is 17.6. The molecule has 172 valence electrons. The highest BCUT2D eigenvalue weighted by Crippen LogP contribution is 2.34. The van der Waals surface area contributed by atoms with Gasteiger partial charge in [0.15, 0.2) is 0 Å². The number of nitrogens with one attached hydrogen (secondary N) is 1. The molecule has 1 saturated heterocycles. The molecule has 0 saturated carbocycles. The maximum absolute atomic E-state index is 12.7. The summed E-state index contributed by atoms with van der Waals surface area (Å²) in [6.07, 6.45) is 1.40. The van der Waals surface area contributed by atoms with Crippen LogP contribution in [-0.4, -0.2) is 33.4 Å². The van der Waals surface area contributed by atoms with E-state index >= 15 is 0 Å². The van der Waals surface area contributed by atoms with Crippen molar-refractivity contribution in [2.24, 2.45) is 0 Å². The Morgan fingerprint density at radius 2 is 1.97 bits per heavy atom. The largest absolute Gasteiger partial charge is 0.457 e. The van der Waals surface area contributed by atoms with E-state index in [0.29, 0.717) is 33.8 Å². The number of nitro groups is 1. The number of amides is 3. The van der Waals surface area contributed by atoms with Crippen LogP contribution in [0.1, 0.15) is 11.3 Å². The number of imide groups is 1. The molecule has 0 spiro atoms. The SMILES string of the molecule is Cc1ccc([N+](=O)[O-])cc1-c1ccc(/C=C2/SC(=O)N(CC(=O)Nc3ccccc3Cl)C2=O)o1. The second-order valence-electron chi connectivity index (χ2n) is 7.25. The number of carbonyl (C=O) groups excluding carboxylic acids is 3. The minimum absolute atomic E-state index is 0.0743. The normalized spacial score (nSPS) is 14.6. The van der Waals surface area contributed by atoms with Crippen molar-refractivity contribution in [1.29, 1.82) is 0 Å². The first-order valence-electron chi connectivity index (χ1n) is 9.88. The smallest absolute Gasteiger partial charge is 0.294 e. The summed E-state index contributed by atoms with van der Waals surface area (Å²) in [5, 5.41) is 13.4. The van der Waals surface area contributed by atoms with Crippen molar-refractivity contribution in [1.82, 2.24) is 4.90 Å². The first-order chi connectivity index (χ1) is 16.2. The Balaban J connectivity index is 1.49. The van der Waals surface area contributed by atoms with Crippen molar-refractivity contribution >= 4 is 57.9 Å². The van der Waals surface area contributed by atoms with Crippen LogP contribution in [0.2, 0.25) is 5.02 Å². The van der Waals surface area contributed by atoms with E-state index in [4.69, 9.17) is 16.0 Å². The Hall–Kier alpha value is -3.89. The first-order valence-corrected chi connectivity index (χ1v) is 11.1. The highest BCUT2D eigenvalue weighted by molar-refractivity contribution is 8.18. The topological polar surface area (TPSA) is 123 Å². The van der Waals surface area contributed by atoms with Gasteiger partial charge in [-0.15, -0.1) is 0 Å².